The normalized spacial score (nSPS) is 16.4. The van der Waals surface area contributed by atoms with Crippen LogP contribution in [0.2, 0.25) is 0 Å². The minimum absolute atomic E-state index is 0.00231. The van der Waals surface area contributed by atoms with E-state index in [-0.39, 0.29) is 17.8 Å². The molecular formula is C13H16FNO. The van der Waals surface area contributed by atoms with E-state index in [4.69, 9.17) is 0 Å². The largest absolute Gasteiger partial charge is 0.310 e. The fourth-order valence-corrected chi connectivity index (χ4v) is 2.44. The maximum atomic E-state index is 13.1. The molecule has 86 valence electrons. The van der Waals surface area contributed by atoms with Crippen molar-refractivity contribution in [2.24, 2.45) is 0 Å². The molecule has 0 N–H and O–H groups in total. The SMILES string of the molecule is CC(=O)N(c1cccc(F)c1)C1CCCC1. The number of rotatable bonds is 2. The summed E-state index contributed by atoms with van der Waals surface area (Å²) in [6.45, 7) is 1.54. The summed E-state index contributed by atoms with van der Waals surface area (Å²) in [6.07, 6.45) is 4.36. The van der Waals surface area contributed by atoms with Crippen molar-refractivity contribution in [1.29, 1.82) is 0 Å². The molecule has 1 aliphatic rings. The topological polar surface area (TPSA) is 20.3 Å². The molecule has 0 atom stereocenters. The van der Waals surface area contributed by atoms with Crippen LogP contribution in [-0.4, -0.2) is 11.9 Å². The average Bonchev–Trinajstić information content (AvgIpc) is 2.71. The van der Waals surface area contributed by atoms with Crippen LogP contribution < -0.4 is 4.90 Å². The number of nitrogens with zero attached hydrogens (tertiary/aromatic N) is 1. The molecule has 1 aromatic rings. The molecule has 0 spiro atoms. The van der Waals surface area contributed by atoms with Gasteiger partial charge in [0.1, 0.15) is 5.82 Å². The molecular weight excluding hydrogens is 205 g/mol. The van der Waals surface area contributed by atoms with Crippen molar-refractivity contribution in [1.82, 2.24) is 0 Å². The van der Waals surface area contributed by atoms with Gasteiger partial charge in [0.25, 0.3) is 0 Å². The fourth-order valence-electron chi connectivity index (χ4n) is 2.44. The fraction of sp³-hybridized carbons (Fsp3) is 0.462. The second-order valence-corrected chi connectivity index (χ2v) is 4.31. The van der Waals surface area contributed by atoms with Gasteiger partial charge in [0, 0.05) is 18.7 Å². The zero-order valence-electron chi connectivity index (χ0n) is 9.45. The number of halogens is 1. The monoisotopic (exact) mass is 221 g/mol. The molecule has 0 unspecified atom stereocenters. The van der Waals surface area contributed by atoms with Crippen LogP contribution in [0.3, 0.4) is 0 Å². The van der Waals surface area contributed by atoms with E-state index in [1.54, 1.807) is 24.0 Å². The van der Waals surface area contributed by atoms with Gasteiger partial charge in [0.05, 0.1) is 0 Å². The summed E-state index contributed by atoms with van der Waals surface area (Å²) in [5, 5.41) is 0. The highest BCUT2D eigenvalue weighted by Gasteiger charge is 2.25. The summed E-state index contributed by atoms with van der Waals surface area (Å²) < 4.78 is 13.1. The van der Waals surface area contributed by atoms with E-state index >= 15 is 0 Å². The molecule has 3 heteroatoms. The number of hydrogen-bond acceptors (Lipinski definition) is 1. The van der Waals surface area contributed by atoms with Crippen molar-refractivity contribution in [3.8, 4) is 0 Å². The van der Waals surface area contributed by atoms with Crippen molar-refractivity contribution >= 4 is 11.6 Å². The van der Waals surface area contributed by atoms with Gasteiger partial charge in [-0.1, -0.05) is 18.9 Å². The predicted molar refractivity (Wildman–Crippen MR) is 61.8 cm³/mol. The number of amides is 1. The molecule has 16 heavy (non-hydrogen) atoms. The minimum Gasteiger partial charge on any atom is -0.310 e. The molecule has 1 aromatic carbocycles. The first-order chi connectivity index (χ1) is 7.68. The van der Waals surface area contributed by atoms with Crippen molar-refractivity contribution < 1.29 is 9.18 Å². The molecule has 0 heterocycles. The summed E-state index contributed by atoms with van der Waals surface area (Å²) in [4.78, 5) is 13.4. The molecule has 0 radical (unpaired) electrons. The van der Waals surface area contributed by atoms with Crippen LogP contribution in [0.15, 0.2) is 24.3 Å². The van der Waals surface area contributed by atoms with Crippen LogP contribution in [-0.2, 0) is 4.79 Å². The Morgan fingerprint density at radius 1 is 1.38 bits per heavy atom. The Morgan fingerprint density at radius 2 is 2.06 bits per heavy atom. The van der Waals surface area contributed by atoms with Crippen LogP contribution >= 0.6 is 0 Å². The molecule has 1 saturated carbocycles. The van der Waals surface area contributed by atoms with Crippen LogP contribution in [0, 0.1) is 5.82 Å². The summed E-state index contributed by atoms with van der Waals surface area (Å²) in [6, 6.07) is 6.52. The Balaban J connectivity index is 2.28. The maximum absolute atomic E-state index is 13.1. The Labute approximate surface area is 95.1 Å². The van der Waals surface area contributed by atoms with Gasteiger partial charge in [-0.3, -0.25) is 4.79 Å². The first-order valence-corrected chi connectivity index (χ1v) is 5.74. The van der Waals surface area contributed by atoms with E-state index in [1.807, 2.05) is 0 Å². The number of carbonyl (C=O) groups excluding carboxylic acids is 1. The lowest BCUT2D eigenvalue weighted by atomic mass is 10.1. The van der Waals surface area contributed by atoms with Gasteiger partial charge < -0.3 is 4.90 Å². The first-order valence-electron chi connectivity index (χ1n) is 5.74. The molecule has 0 aromatic heterocycles. The van der Waals surface area contributed by atoms with E-state index in [0.29, 0.717) is 5.69 Å². The highest BCUT2D eigenvalue weighted by Crippen LogP contribution is 2.28. The molecule has 1 fully saturated rings. The average molecular weight is 221 g/mol. The second kappa shape index (κ2) is 4.64. The number of hydrogen-bond donors (Lipinski definition) is 0. The van der Waals surface area contributed by atoms with Gasteiger partial charge in [-0.15, -0.1) is 0 Å². The van der Waals surface area contributed by atoms with E-state index in [0.717, 1.165) is 25.7 Å². The van der Waals surface area contributed by atoms with Crippen LogP contribution in [0.4, 0.5) is 10.1 Å². The van der Waals surface area contributed by atoms with Crippen LogP contribution in [0.1, 0.15) is 32.6 Å². The van der Waals surface area contributed by atoms with Crippen molar-refractivity contribution in [3.63, 3.8) is 0 Å². The Bertz CT molecular complexity index is 385. The van der Waals surface area contributed by atoms with Gasteiger partial charge in [-0.05, 0) is 31.0 Å². The molecule has 0 aliphatic heterocycles. The quantitative estimate of drug-likeness (QED) is 0.751. The lowest BCUT2D eigenvalue weighted by Crippen LogP contribution is -2.37. The van der Waals surface area contributed by atoms with E-state index in [9.17, 15) is 9.18 Å². The Morgan fingerprint density at radius 3 is 2.62 bits per heavy atom. The minimum atomic E-state index is -0.290. The van der Waals surface area contributed by atoms with Crippen molar-refractivity contribution in [2.45, 2.75) is 38.6 Å². The molecule has 1 aliphatic carbocycles. The van der Waals surface area contributed by atoms with E-state index in [1.165, 1.54) is 12.1 Å². The lowest BCUT2D eigenvalue weighted by molar-refractivity contribution is -0.117. The number of carbonyl (C=O) groups is 1. The Kier molecular flexibility index (Phi) is 3.22. The van der Waals surface area contributed by atoms with Gasteiger partial charge in [0.2, 0.25) is 5.91 Å². The smallest absolute Gasteiger partial charge is 0.224 e. The highest BCUT2D eigenvalue weighted by atomic mass is 19.1. The van der Waals surface area contributed by atoms with Crippen molar-refractivity contribution in [2.75, 3.05) is 4.90 Å². The third-order valence-corrected chi connectivity index (χ3v) is 3.12. The second-order valence-electron chi connectivity index (χ2n) is 4.31. The first kappa shape index (κ1) is 11.1. The van der Waals surface area contributed by atoms with Crippen molar-refractivity contribution in [3.05, 3.63) is 30.1 Å². The van der Waals surface area contributed by atoms with Crippen LogP contribution in [0.25, 0.3) is 0 Å². The molecule has 0 saturated heterocycles. The summed E-state index contributed by atoms with van der Waals surface area (Å²) >= 11 is 0. The highest BCUT2D eigenvalue weighted by molar-refractivity contribution is 5.92. The third kappa shape index (κ3) is 2.23. The summed E-state index contributed by atoms with van der Waals surface area (Å²) in [5.41, 5.74) is 0.680. The lowest BCUT2D eigenvalue weighted by Gasteiger charge is -2.27. The zero-order chi connectivity index (χ0) is 11.5. The van der Waals surface area contributed by atoms with E-state index in [2.05, 4.69) is 0 Å². The van der Waals surface area contributed by atoms with Crippen LogP contribution in [0.5, 0.6) is 0 Å². The molecule has 1 amide bonds. The Hall–Kier alpha value is -1.38. The van der Waals surface area contributed by atoms with Gasteiger partial charge >= 0.3 is 0 Å². The predicted octanol–water partition coefficient (Wildman–Crippen LogP) is 3.12. The van der Waals surface area contributed by atoms with Gasteiger partial charge in [0.15, 0.2) is 0 Å². The standard InChI is InChI=1S/C13H16FNO/c1-10(16)15(12-6-2-3-7-12)13-8-4-5-11(14)9-13/h4-5,8-9,12H,2-3,6-7H2,1H3. The molecule has 0 bridgehead atoms. The van der Waals surface area contributed by atoms with Gasteiger partial charge in [-0.25, -0.2) is 4.39 Å². The maximum Gasteiger partial charge on any atom is 0.224 e. The van der Waals surface area contributed by atoms with E-state index < -0.39 is 0 Å². The number of anilines is 1. The molecule has 2 nitrogen and oxygen atoms in total. The third-order valence-electron chi connectivity index (χ3n) is 3.12. The summed E-state index contributed by atoms with van der Waals surface area (Å²) in [5.74, 6) is -0.292. The summed E-state index contributed by atoms with van der Waals surface area (Å²) in [7, 11) is 0. The zero-order valence-corrected chi connectivity index (χ0v) is 9.45. The van der Waals surface area contributed by atoms with Gasteiger partial charge in [-0.2, -0.15) is 0 Å². The number of benzene rings is 1. The molecule has 2 rings (SSSR count).